The summed E-state index contributed by atoms with van der Waals surface area (Å²) in [6, 6.07) is 8.82. The lowest BCUT2D eigenvalue weighted by Gasteiger charge is -2.43. The maximum Gasteiger partial charge on any atom is 0.433 e. The van der Waals surface area contributed by atoms with Gasteiger partial charge in [0.2, 0.25) is 5.91 Å². The van der Waals surface area contributed by atoms with Crippen molar-refractivity contribution in [1.29, 1.82) is 0 Å². The van der Waals surface area contributed by atoms with E-state index in [4.69, 9.17) is 10.7 Å². The van der Waals surface area contributed by atoms with Gasteiger partial charge < -0.3 is 16.0 Å². The van der Waals surface area contributed by atoms with Crippen molar-refractivity contribution in [1.82, 2.24) is 20.3 Å². The average Bonchev–Trinajstić information content (AvgIpc) is 3.90. The molecule has 12 heteroatoms. The number of pyridine rings is 1. The largest absolute Gasteiger partial charge is 0.433 e. The van der Waals surface area contributed by atoms with E-state index in [1.807, 2.05) is 13.8 Å². The maximum absolute atomic E-state index is 13.6. The van der Waals surface area contributed by atoms with Crippen LogP contribution in [-0.2, 0) is 22.2 Å². The van der Waals surface area contributed by atoms with Crippen molar-refractivity contribution in [2.45, 2.75) is 95.3 Å². The number of nitrogens with zero attached hydrogens (tertiary/aromatic N) is 5. The fourth-order valence-electron chi connectivity index (χ4n) is 7.16. The third-order valence-corrected chi connectivity index (χ3v) is 9.64. The number of halogens is 3. The molecule has 2 aromatic heterocycles. The first-order valence-electron chi connectivity index (χ1n) is 15.9. The van der Waals surface area contributed by atoms with E-state index in [0.717, 1.165) is 60.0 Å². The predicted octanol–water partition coefficient (Wildman–Crippen LogP) is 5.26. The van der Waals surface area contributed by atoms with Gasteiger partial charge in [0.25, 0.3) is 5.91 Å². The summed E-state index contributed by atoms with van der Waals surface area (Å²) < 4.78 is 40.3. The van der Waals surface area contributed by atoms with E-state index in [1.54, 1.807) is 0 Å². The fraction of sp³-hybridized carbons (Fsp3) is 0.471. The number of anilines is 1. The van der Waals surface area contributed by atoms with Crippen molar-refractivity contribution in [2.75, 3.05) is 11.4 Å². The van der Waals surface area contributed by atoms with Gasteiger partial charge >= 0.3 is 6.18 Å². The Kier molecular flexibility index (Phi) is 7.17. The Labute approximate surface area is 264 Å². The molecule has 240 valence electrons. The molecular formula is C34H36F3N7O2. The standard InChI is InChI=1S/C34H36F3N7O2/c1-17-16-33(32(46)42-31(43-33)24-10-11-26(34(35,36)37)41-30(24)21-6-7-21)12-13-44(17)25-14-22(8-9-23(25)20-4-5-20)29-18(2)39-28(15-27(38)45)40-19(29)3/h8-11,14,17,20-21H,4-7,12-13,15-16H2,1-3H3,(H2,38,45)(H,42,43,46)/t17-,33+/m0/s1. The van der Waals surface area contributed by atoms with Crippen molar-refractivity contribution >= 4 is 23.3 Å². The number of amidine groups is 1. The highest BCUT2D eigenvalue weighted by atomic mass is 19.4. The quantitative estimate of drug-likeness (QED) is 0.366. The summed E-state index contributed by atoms with van der Waals surface area (Å²) in [6.07, 6.45) is 0.167. The first-order valence-corrected chi connectivity index (χ1v) is 15.9. The van der Waals surface area contributed by atoms with Crippen molar-refractivity contribution in [3.8, 4) is 11.1 Å². The number of piperidine rings is 1. The summed E-state index contributed by atoms with van der Waals surface area (Å²) in [5.41, 5.74) is 10.1. The van der Waals surface area contributed by atoms with Crippen LogP contribution in [0.5, 0.6) is 0 Å². The van der Waals surface area contributed by atoms with E-state index in [0.29, 0.717) is 48.2 Å². The zero-order chi connectivity index (χ0) is 32.5. The monoisotopic (exact) mass is 631 g/mol. The minimum atomic E-state index is -4.54. The molecule has 0 unspecified atom stereocenters. The van der Waals surface area contributed by atoms with Crippen LogP contribution in [0.4, 0.5) is 18.9 Å². The molecule has 2 atom stereocenters. The number of carbonyl (C=O) groups is 2. The summed E-state index contributed by atoms with van der Waals surface area (Å²) in [7, 11) is 0. The smallest absolute Gasteiger partial charge is 0.369 e. The molecule has 3 N–H and O–H groups in total. The molecule has 3 aromatic rings. The van der Waals surface area contributed by atoms with Gasteiger partial charge in [0.15, 0.2) is 0 Å². The number of nitrogens with one attached hydrogen (secondary N) is 1. The SMILES string of the molecule is Cc1nc(CC(N)=O)nc(C)c1-c1ccc(C2CC2)c(N2CC[C@]3(C[C@@H]2C)N=C(c2ccc(C(F)(F)F)nc2C2CC2)NC3=O)c1. The predicted molar refractivity (Wildman–Crippen MR) is 166 cm³/mol. The van der Waals surface area contributed by atoms with Gasteiger partial charge in [-0.05, 0) is 88.1 Å². The zero-order valence-electron chi connectivity index (χ0n) is 26.0. The van der Waals surface area contributed by atoms with Gasteiger partial charge in [-0.2, -0.15) is 13.2 Å². The number of alkyl halides is 3. The molecule has 0 bridgehead atoms. The second-order valence-corrected chi connectivity index (χ2v) is 13.2. The van der Waals surface area contributed by atoms with Crippen LogP contribution in [0, 0.1) is 13.8 Å². The summed E-state index contributed by atoms with van der Waals surface area (Å²) >= 11 is 0. The van der Waals surface area contributed by atoms with E-state index >= 15 is 0 Å². The van der Waals surface area contributed by atoms with Gasteiger partial charge in [-0.25, -0.2) is 15.0 Å². The molecule has 7 rings (SSSR count). The number of aliphatic imine (C=N–C) groups is 1. The second kappa shape index (κ2) is 10.9. The van der Waals surface area contributed by atoms with Crippen molar-refractivity contribution in [3.05, 3.63) is 70.1 Å². The molecule has 1 saturated heterocycles. The van der Waals surface area contributed by atoms with E-state index in [1.165, 1.54) is 11.6 Å². The molecular weight excluding hydrogens is 595 g/mol. The van der Waals surface area contributed by atoms with Crippen LogP contribution in [0.3, 0.4) is 0 Å². The molecule has 4 heterocycles. The lowest BCUT2D eigenvalue weighted by Crippen LogP contribution is -2.53. The minimum absolute atomic E-state index is 0.0179. The zero-order valence-corrected chi connectivity index (χ0v) is 26.0. The normalized spacial score (nSPS) is 23.1. The number of rotatable bonds is 7. The summed E-state index contributed by atoms with van der Waals surface area (Å²) in [6.45, 7) is 6.50. The average molecular weight is 632 g/mol. The van der Waals surface area contributed by atoms with Crippen LogP contribution in [0.15, 0.2) is 35.3 Å². The number of hydrogen-bond donors (Lipinski definition) is 2. The van der Waals surface area contributed by atoms with Crippen LogP contribution in [0.1, 0.15) is 97.0 Å². The molecule has 9 nitrogen and oxygen atoms in total. The third-order valence-electron chi connectivity index (χ3n) is 9.64. The highest BCUT2D eigenvalue weighted by Gasteiger charge is 2.49. The number of aromatic nitrogens is 3. The molecule has 2 aliphatic heterocycles. The Morgan fingerprint density at radius 2 is 1.74 bits per heavy atom. The molecule has 2 amide bonds. The van der Waals surface area contributed by atoms with Gasteiger partial charge in [0.05, 0.1) is 12.1 Å². The van der Waals surface area contributed by atoms with Crippen LogP contribution < -0.4 is 16.0 Å². The summed E-state index contributed by atoms with van der Waals surface area (Å²) in [5, 5.41) is 2.91. The number of amides is 2. The van der Waals surface area contributed by atoms with Gasteiger partial charge in [0.1, 0.15) is 22.9 Å². The highest BCUT2D eigenvalue weighted by Crippen LogP contribution is 2.48. The molecule has 1 aromatic carbocycles. The van der Waals surface area contributed by atoms with Crippen LogP contribution >= 0.6 is 0 Å². The number of aryl methyl sites for hydroxylation is 2. The molecule has 1 spiro atoms. The molecule has 2 aliphatic carbocycles. The molecule has 0 radical (unpaired) electrons. The Bertz CT molecular complexity index is 1770. The van der Waals surface area contributed by atoms with Crippen LogP contribution in [0.2, 0.25) is 0 Å². The van der Waals surface area contributed by atoms with E-state index in [9.17, 15) is 22.8 Å². The van der Waals surface area contributed by atoms with Gasteiger partial charge in [0, 0.05) is 53.1 Å². The maximum atomic E-state index is 13.6. The van der Waals surface area contributed by atoms with E-state index in [-0.39, 0.29) is 24.3 Å². The molecule has 46 heavy (non-hydrogen) atoms. The van der Waals surface area contributed by atoms with Crippen molar-refractivity contribution < 1.29 is 22.8 Å². The number of carbonyl (C=O) groups excluding carboxylic acids is 2. The highest BCUT2D eigenvalue weighted by molar-refractivity contribution is 6.16. The molecule has 3 fully saturated rings. The van der Waals surface area contributed by atoms with Crippen molar-refractivity contribution in [3.63, 3.8) is 0 Å². The lowest BCUT2D eigenvalue weighted by atomic mass is 9.83. The Morgan fingerprint density at radius 1 is 1.04 bits per heavy atom. The van der Waals surface area contributed by atoms with Crippen LogP contribution in [-0.4, -0.2) is 50.7 Å². The second-order valence-electron chi connectivity index (χ2n) is 13.2. The summed E-state index contributed by atoms with van der Waals surface area (Å²) in [4.78, 5) is 45.4. The van der Waals surface area contributed by atoms with Crippen molar-refractivity contribution in [2.24, 2.45) is 10.7 Å². The fourth-order valence-corrected chi connectivity index (χ4v) is 7.16. The van der Waals surface area contributed by atoms with Gasteiger partial charge in [-0.1, -0.05) is 12.1 Å². The summed E-state index contributed by atoms with van der Waals surface area (Å²) in [5.74, 6) is 0.454. The van der Waals surface area contributed by atoms with E-state index < -0.39 is 23.3 Å². The van der Waals surface area contributed by atoms with Gasteiger partial charge in [-0.15, -0.1) is 0 Å². The number of benzene rings is 1. The lowest BCUT2D eigenvalue weighted by molar-refractivity contribution is -0.141. The van der Waals surface area contributed by atoms with E-state index in [2.05, 4.69) is 50.3 Å². The van der Waals surface area contributed by atoms with Gasteiger partial charge in [-0.3, -0.25) is 14.6 Å². The third kappa shape index (κ3) is 5.51. The molecule has 4 aliphatic rings. The first kappa shape index (κ1) is 30.3. The first-order chi connectivity index (χ1) is 21.8. The minimum Gasteiger partial charge on any atom is -0.369 e. The topological polar surface area (TPSA) is 126 Å². The molecule has 2 saturated carbocycles. The Hall–Kier alpha value is -4.35. The number of primary amides is 1. The number of hydrogen-bond acceptors (Lipinski definition) is 7. The Morgan fingerprint density at radius 3 is 2.35 bits per heavy atom. The Balaban J connectivity index is 1.19. The number of nitrogens with two attached hydrogens (primary N) is 1. The van der Waals surface area contributed by atoms with Crippen LogP contribution in [0.25, 0.3) is 11.1 Å².